The van der Waals surface area contributed by atoms with Gasteiger partial charge in [0.15, 0.2) is 0 Å². The summed E-state index contributed by atoms with van der Waals surface area (Å²) in [4.78, 5) is 0. The van der Waals surface area contributed by atoms with E-state index in [1.54, 1.807) is 0 Å². The summed E-state index contributed by atoms with van der Waals surface area (Å²) in [5, 5.41) is 5.03. The summed E-state index contributed by atoms with van der Waals surface area (Å²) < 4.78 is 0. The van der Waals surface area contributed by atoms with Crippen LogP contribution in [0.2, 0.25) is 0 Å². The average Bonchev–Trinajstić information content (AvgIpc) is 3.69. The van der Waals surface area contributed by atoms with Crippen LogP contribution in [-0.2, 0) is 10.8 Å². The molecular formula is C52H34. The zero-order valence-electron chi connectivity index (χ0n) is 28.6. The number of rotatable bonds is 4. The average molecular weight is 659 g/mol. The molecule has 0 saturated heterocycles. The zero-order chi connectivity index (χ0) is 34.3. The van der Waals surface area contributed by atoms with Gasteiger partial charge in [-0.05, 0) is 100 Å². The minimum absolute atomic E-state index is 0.475. The largest absolute Gasteiger partial charge is 0.0713 e. The fraction of sp³-hybridized carbons (Fsp3) is 0.0385. The molecule has 0 nitrogen and oxygen atoms in total. The van der Waals surface area contributed by atoms with E-state index < -0.39 is 10.8 Å². The highest BCUT2D eigenvalue weighted by atomic mass is 14.5. The molecule has 2 aliphatic carbocycles. The first-order valence-electron chi connectivity index (χ1n) is 18.3. The van der Waals surface area contributed by atoms with Crippen molar-refractivity contribution in [3.63, 3.8) is 0 Å². The lowest BCUT2D eigenvalue weighted by molar-refractivity contribution is 0.751. The Kier molecular flexibility index (Phi) is 6.19. The molecule has 0 amide bonds. The fourth-order valence-corrected chi connectivity index (χ4v) is 9.86. The van der Waals surface area contributed by atoms with Gasteiger partial charge in [0.25, 0.3) is 0 Å². The molecule has 0 N–H and O–H groups in total. The maximum Gasteiger partial charge on any atom is 0.0713 e. The first-order chi connectivity index (χ1) is 25.8. The van der Waals surface area contributed by atoms with E-state index in [9.17, 15) is 0 Å². The van der Waals surface area contributed by atoms with Crippen LogP contribution in [-0.4, -0.2) is 0 Å². The van der Waals surface area contributed by atoms with E-state index >= 15 is 0 Å². The van der Waals surface area contributed by atoms with E-state index in [1.807, 2.05) is 0 Å². The van der Waals surface area contributed by atoms with Crippen LogP contribution in [0.5, 0.6) is 0 Å². The quantitative estimate of drug-likeness (QED) is 0.177. The summed E-state index contributed by atoms with van der Waals surface area (Å²) in [6.07, 6.45) is 0. The third-order valence-corrected chi connectivity index (χ3v) is 12.0. The molecule has 0 heterocycles. The van der Waals surface area contributed by atoms with Crippen LogP contribution in [0.25, 0.3) is 43.8 Å². The molecule has 0 heteroatoms. The molecule has 52 heavy (non-hydrogen) atoms. The number of benzene rings is 9. The van der Waals surface area contributed by atoms with Gasteiger partial charge in [0.2, 0.25) is 0 Å². The Morgan fingerprint density at radius 2 is 0.481 bits per heavy atom. The standard InChI is InChI=1S/C52H34/c1-3-15-37-33-41(27-25-35(37)13-1)51(47-21-9-5-17-43(47)44-18-6-10-22-48(44)51)39-29-31-40(32-30-39)52(42-28-26-36-14-2-4-16-38(36)34-42)49-23-11-7-19-45(49)46-20-8-12-24-50(46)52/h1-34H. The molecule has 0 aromatic heterocycles. The van der Waals surface area contributed by atoms with Crippen molar-refractivity contribution in [2.24, 2.45) is 0 Å². The van der Waals surface area contributed by atoms with Gasteiger partial charge in [0.1, 0.15) is 0 Å². The minimum Gasteiger partial charge on any atom is -0.0619 e. The molecule has 9 aromatic carbocycles. The van der Waals surface area contributed by atoms with Gasteiger partial charge in [-0.1, -0.05) is 194 Å². The summed E-state index contributed by atoms with van der Waals surface area (Å²) in [5.41, 5.74) is 14.7. The Hall–Kier alpha value is -6.50. The second kappa shape index (κ2) is 11.0. The highest BCUT2D eigenvalue weighted by Gasteiger charge is 2.48. The van der Waals surface area contributed by atoms with Gasteiger partial charge in [0.05, 0.1) is 10.8 Å². The molecule has 0 radical (unpaired) electrons. The van der Waals surface area contributed by atoms with Crippen LogP contribution >= 0.6 is 0 Å². The molecule has 9 aromatic rings. The van der Waals surface area contributed by atoms with Crippen LogP contribution in [0.3, 0.4) is 0 Å². The maximum absolute atomic E-state index is 2.43. The second-order valence-corrected chi connectivity index (χ2v) is 14.4. The molecule has 0 unspecified atom stereocenters. The van der Waals surface area contributed by atoms with Crippen molar-refractivity contribution in [3.05, 3.63) is 251 Å². The molecule has 0 spiro atoms. The zero-order valence-corrected chi connectivity index (χ0v) is 28.6. The Balaban J connectivity index is 1.20. The Bertz CT molecular complexity index is 2570. The van der Waals surface area contributed by atoms with E-state index in [1.165, 1.54) is 88.3 Å². The van der Waals surface area contributed by atoms with E-state index in [0.717, 1.165) is 0 Å². The van der Waals surface area contributed by atoms with Crippen molar-refractivity contribution >= 4 is 21.5 Å². The smallest absolute Gasteiger partial charge is 0.0619 e. The maximum atomic E-state index is 2.43. The third-order valence-electron chi connectivity index (χ3n) is 12.0. The molecule has 0 saturated carbocycles. The Morgan fingerprint density at radius 3 is 0.827 bits per heavy atom. The second-order valence-electron chi connectivity index (χ2n) is 14.4. The van der Waals surface area contributed by atoms with E-state index in [-0.39, 0.29) is 0 Å². The van der Waals surface area contributed by atoms with Crippen molar-refractivity contribution < 1.29 is 0 Å². The van der Waals surface area contributed by atoms with Crippen LogP contribution in [0.1, 0.15) is 44.5 Å². The highest BCUT2D eigenvalue weighted by molar-refractivity contribution is 5.91. The van der Waals surface area contributed by atoms with Gasteiger partial charge >= 0.3 is 0 Å². The predicted octanol–water partition coefficient (Wildman–Crippen LogP) is 12.7. The molecule has 0 bridgehead atoms. The molecular weight excluding hydrogens is 625 g/mol. The summed E-state index contributed by atoms with van der Waals surface area (Å²) in [6, 6.07) is 77.4. The van der Waals surface area contributed by atoms with Gasteiger partial charge in [-0.3, -0.25) is 0 Å². The predicted molar refractivity (Wildman–Crippen MR) is 216 cm³/mol. The van der Waals surface area contributed by atoms with Crippen LogP contribution in [0.4, 0.5) is 0 Å². The van der Waals surface area contributed by atoms with Gasteiger partial charge in [-0.25, -0.2) is 0 Å². The topological polar surface area (TPSA) is 0 Å². The monoisotopic (exact) mass is 658 g/mol. The molecule has 11 rings (SSSR count). The van der Waals surface area contributed by atoms with Crippen molar-refractivity contribution in [2.45, 2.75) is 10.8 Å². The van der Waals surface area contributed by atoms with Crippen molar-refractivity contribution in [1.29, 1.82) is 0 Å². The van der Waals surface area contributed by atoms with Crippen LogP contribution < -0.4 is 0 Å². The van der Waals surface area contributed by atoms with Gasteiger partial charge in [0, 0.05) is 0 Å². The SMILES string of the molecule is c1ccc2c(c1)-c1ccccc1C2(c1ccc(C2(c3ccc4ccccc4c3)c3ccccc3-c3ccccc32)cc1)c1ccc2ccccc2c1. The number of hydrogen-bond acceptors (Lipinski definition) is 0. The molecule has 0 fully saturated rings. The number of hydrogen-bond donors (Lipinski definition) is 0. The van der Waals surface area contributed by atoms with E-state index in [2.05, 4.69) is 206 Å². The summed E-state index contributed by atoms with van der Waals surface area (Å²) in [7, 11) is 0. The van der Waals surface area contributed by atoms with Crippen LogP contribution in [0.15, 0.2) is 206 Å². The summed E-state index contributed by atoms with van der Waals surface area (Å²) >= 11 is 0. The molecule has 2 aliphatic rings. The Morgan fingerprint density at radius 1 is 0.212 bits per heavy atom. The van der Waals surface area contributed by atoms with E-state index in [0.29, 0.717) is 0 Å². The lowest BCUT2D eigenvalue weighted by Gasteiger charge is -2.36. The third kappa shape index (κ3) is 3.82. The van der Waals surface area contributed by atoms with E-state index in [4.69, 9.17) is 0 Å². The first kappa shape index (κ1) is 29.3. The first-order valence-corrected chi connectivity index (χ1v) is 18.3. The van der Waals surface area contributed by atoms with Crippen molar-refractivity contribution in [2.75, 3.05) is 0 Å². The van der Waals surface area contributed by atoms with Gasteiger partial charge in [-0.2, -0.15) is 0 Å². The summed E-state index contributed by atoms with van der Waals surface area (Å²) in [6.45, 7) is 0. The van der Waals surface area contributed by atoms with Gasteiger partial charge < -0.3 is 0 Å². The Labute approximate surface area is 304 Å². The lowest BCUT2D eigenvalue weighted by Crippen LogP contribution is -2.30. The van der Waals surface area contributed by atoms with Crippen LogP contribution in [0, 0.1) is 0 Å². The lowest BCUT2D eigenvalue weighted by atomic mass is 9.65. The van der Waals surface area contributed by atoms with Crippen molar-refractivity contribution in [3.8, 4) is 22.3 Å². The minimum atomic E-state index is -0.475. The van der Waals surface area contributed by atoms with Gasteiger partial charge in [-0.15, -0.1) is 0 Å². The summed E-state index contributed by atoms with van der Waals surface area (Å²) in [5.74, 6) is 0. The van der Waals surface area contributed by atoms with Crippen molar-refractivity contribution in [1.82, 2.24) is 0 Å². The fourth-order valence-electron chi connectivity index (χ4n) is 9.86. The molecule has 0 atom stereocenters. The molecule has 242 valence electrons. The number of fused-ring (bicyclic) bond motifs is 8. The molecule has 0 aliphatic heterocycles. The highest BCUT2D eigenvalue weighted by Crippen LogP contribution is 2.59. The normalized spacial score (nSPS) is 14.5.